The van der Waals surface area contributed by atoms with Gasteiger partial charge in [-0.3, -0.25) is 14.7 Å². The van der Waals surface area contributed by atoms with Crippen molar-refractivity contribution in [2.75, 3.05) is 0 Å². The number of nitrogens with one attached hydrogen (secondary N) is 2. The lowest BCUT2D eigenvalue weighted by molar-refractivity contribution is 0.667. The van der Waals surface area contributed by atoms with Crippen LogP contribution in [-0.2, 0) is 12.8 Å². The van der Waals surface area contributed by atoms with Crippen LogP contribution < -0.4 is 11.0 Å². The van der Waals surface area contributed by atoms with Gasteiger partial charge in [0.05, 0.1) is 0 Å². The average Bonchev–Trinajstić information content (AvgIpc) is 2.84. The van der Waals surface area contributed by atoms with Crippen molar-refractivity contribution in [3.63, 3.8) is 0 Å². The fourth-order valence-electron chi connectivity index (χ4n) is 3.28. The monoisotopic (exact) mass is 311 g/mol. The summed E-state index contributed by atoms with van der Waals surface area (Å²) in [7, 11) is 0. The van der Waals surface area contributed by atoms with Crippen LogP contribution in [0.15, 0.2) is 15.7 Å². The number of pyridine rings is 1. The first-order valence-electron chi connectivity index (χ1n) is 7.76. The second-order valence-electron chi connectivity index (χ2n) is 6.07. The second-order valence-corrected chi connectivity index (χ2v) is 6.07. The third-order valence-electron chi connectivity index (χ3n) is 4.31. The lowest BCUT2D eigenvalue weighted by Crippen LogP contribution is -2.24. The lowest BCUT2D eigenvalue weighted by Gasteiger charge is -2.13. The summed E-state index contributed by atoms with van der Waals surface area (Å²) >= 11 is 0. The summed E-state index contributed by atoms with van der Waals surface area (Å²) in [6.07, 6.45) is 3.61. The molecule has 0 aliphatic heterocycles. The van der Waals surface area contributed by atoms with Gasteiger partial charge in [-0.2, -0.15) is 4.68 Å². The van der Waals surface area contributed by atoms with Crippen molar-refractivity contribution in [1.82, 2.24) is 24.7 Å². The summed E-state index contributed by atoms with van der Waals surface area (Å²) < 4.78 is 1.24. The van der Waals surface area contributed by atoms with Crippen LogP contribution in [0.4, 0.5) is 0 Å². The maximum atomic E-state index is 12.7. The summed E-state index contributed by atoms with van der Waals surface area (Å²) in [4.78, 5) is 37.2. The number of hydrogen-bond acceptors (Lipinski definition) is 4. The Morgan fingerprint density at radius 3 is 2.52 bits per heavy atom. The molecular formula is C16H17N5O2. The van der Waals surface area contributed by atoms with E-state index in [0.29, 0.717) is 5.65 Å². The van der Waals surface area contributed by atoms with E-state index in [-0.39, 0.29) is 16.8 Å². The highest BCUT2D eigenvalue weighted by Crippen LogP contribution is 2.18. The van der Waals surface area contributed by atoms with Gasteiger partial charge in [0, 0.05) is 22.6 Å². The third-order valence-corrected chi connectivity index (χ3v) is 4.31. The number of rotatable bonds is 1. The largest absolute Gasteiger partial charge is 0.343 e. The van der Waals surface area contributed by atoms with Crippen molar-refractivity contribution in [1.29, 1.82) is 0 Å². The summed E-state index contributed by atoms with van der Waals surface area (Å²) in [5, 5.41) is 3.11. The number of H-pyrrole nitrogens is 2. The Morgan fingerprint density at radius 2 is 1.78 bits per heavy atom. The first kappa shape index (κ1) is 13.9. The Bertz CT molecular complexity index is 1020. The topological polar surface area (TPSA) is 96.4 Å². The Labute approximate surface area is 131 Å². The summed E-state index contributed by atoms with van der Waals surface area (Å²) in [6, 6.07) is 1.83. The van der Waals surface area contributed by atoms with E-state index in [2.05, 4.69) is 20.1 Å². The Hall–Kier alpha value is -2.70. The molecule has 0 atom stereocenters. The van der Waals surface area contributed by atoms with Gasteiger partial charge >= 0.3 is 0 Å². The van der Waals surface area contributed by atoms with Crippen molar-refractivity contribution < 1.29 is 0 Å². The van der Waals surface area contributed by atoms with E-state index in [4.69, 9.17) is 0 Å². The van der Waals surface area contributed by atoms with Crippen LogP contribution in [0, 0.1) is 13.8 Å². The zero-order valence-electron chi connectivity index (χ0n) is 13.1. The number of aromatic nitrogens is 5. The van der Waals surface area contributed by atoms with Gasteiger partial charge in [-0.1, -0.05) is 0 Å². The van der Waals surface area contributed by atoms with E-state index in [1.54, 1.807) is 0 Å². The molecule has 118 valence electrons. The molecule has 0 radical (unpaired) electrons. The van der Waals surface area contributed by atoms with Gasteiger partial charge in [-0.15, -0.1) is 0 Å². The minimum absolute atomic E-state index is 0.161. The minimum atomic E-state index is -0.403. The van der Waals surface area contributed by atoms with Crippen molar-refractivity contribution in [3.8, 4) is 5.95 Å². The van der Waals surface area contributed by atoms with E-state index in [1.807, 2.05) is 19.9 Å². The summed E-state index contributed by atoms with van der Waals surface area (Å²) in [5.41, 5.74) is 3.09. The molecule has 1 aliphatic carbocycles. The average molecular weight is 311 g/mol. The van der Waals surface area contributed by atoms with Gasteiger partial charge in [0.1, 0.15) is 11.0 Å². The Balaban J connectivity index is 2.03. The maximum absolute atomic E-state index is 12.7. The van der Waals surface area contributed by atoms with Gasteiger partial charge < -0.3 is 4.98 Å². The molecule has 1 aliphatic rings. The smallest absolute Gasteiger partial charge is 0.287 e. The molecule has 2 N–H and O–H groups in total. The molecular weight excluding hydrogens is 294 g/mol. The predicted octanol–water partition coefficient (Wildman–Crippen LogP) is 1.29. The van der Waals surface area contributed by atoms with Crippen molar-refractivity contribution >= 4 is 11.0 Å². The van der Waals surface area contributed by atoms with Gasteiger partial charge in [0.2, 0.25) is 0 Å². The first-order valence-corrected chi connectivity index (χ1v) is 7.76. The number of aromatic amines is 2. The molecule has 3 aromatic heterocycles. The lowest BCUT2D eigenvalue weighted by atomic mass is 9.95. The number of hydrogen-bond donors (Lipinski definition) is 2. The van der Waals surface area contributed by atoms with Crippen LogP contribution in [0.1, 0.15) is 35.5 Å². The van der Waals surface area contributed by atoms with Crippen molar-refractivity contribution in [2.45, 2.75) is 39.5 Å². The van der Waals surface area contributed by atoms with Gasteiger partial charge in [-0.05, 0) is 45.6 Å². The molecule has 0 saturated heterocycles. The second kappa shape index (κ2) is 4.91. The zero-order valence-corrected chi connectivity index (χ0v) is 13.1. The molecule has 0 saturated carbocycles. The number of aryl methyl sites for hydroxylation is 3. The SMILES string of the molecule is Cc1cc(C)nc(-n2[nH]c3[nH]c4c(c(=O)c3c2=O)CCCC4)n1. The number of fused-ring (bicyclic) bond motifs is 2. The molecule has 3 heterocycles. The number of nitrogens with zero attached hydrogens (tertiary/aromatic N) is 3. The molecule has 0 spiro atoms. The Kier molecular flexibility index (Phi) is 2.97. The van der Waals surface area contributed by atoms with Crippen LogP contribution in [0.5, 0.6) is 0 Å². The van der Waals surface area contributed by atoms with Crippen molar-refractivity contribution in [2.24, 2.45) is 0 Å². The zero-order chi connectivity index (χ0) is 16.1. The van der Waals surface area contributed by atoms with Crippen LogP contribution in [0.3, 0.4) is 0 Å². The molecule has 0 unspecified atom stereocenters. The molecule has 23 heavy (non-hydrogen) atoms. The van der Waals surface area contributed by atoms with Crippen molar-refractivity contribution in [3.05, 3.63) is 49.3 Å². The molecule has 7 heteroatoms. The third kappa shape index (κ3) is 2.11. The fourth-order valence-corrected chi connectivity index (χ4v) is 3.28. The van der Waals surface area contributed by atoms with Gasteiger partial charge in [-0.25, -0.2) is 9.97 Å². The molecule has 0 fully saturated rings. The standard InChI is InChI=1S/C16H17N5O2/c1-8-7-9(2)18-16(17-8)21-15(23)12-13(22)10-5-3-4-6-11(10)19-14(12)20-21/h7H,3-6H2,1-2H3,(H2,19,20,22). The highest BCUT2D eigenvalue weighted by Gasteiger charge is 2.21. The van der Waals surface area contributed by atoms with E-state index in [1.165, 1.54) is 4.68 Å². The van der Waals surface area contributed by atoms with Gasteiger partial charge in [0.25, 0.3) is 11.5 Å². The molecule has 0 bridgehead atoms. The molecule has 4 rings (SSSR count). The van der Waals surface area contributed by atoms with Crippen LogP contribution in [0.25, 0.3) is 17.0 Å². The van der Waals surface area contributed by atoms with E-state index in [9.17, 15) is 9.59 Å². The van der Waals surface area contributed by atoms with E-state index in [0.717, 1.165) is 48.3 Å². The Morgan fingerprint density at radius 1 is 1.09 bits per heavy atom. The molecule has 0 amide bonds. The highest BCUT2D eigenvalue weighted by molar-refractivity contribution is 5.75. The maximum Gasteiger partial charge on any atom is 0.287 e. The predicted molar refractivity (Wildman–Crippen MR) is 86.2 cm³/mol. The van der Waals surface area contributed by atoms with E-state index >= 15 is 0 Å². The quantitative estimate of drug-likeness (QED) is 0.708. The van der Waals surface area contributed by atoms with E-state index < -0.39 is 5.56 Å². The first-order chi connectivity index (χ1) is 11.0. The minimum Gasteiger partial charge on any atom is -0.343 e. The molecule has 3 aromatic rings. The summed E-state index contributed by atoms with van der Waals surface area (Å²) in [6.45, 7) is 3.69. The van der Waals surface area contributed by atoms with Crippen LogP contribution in [0.2, 0.25) is 0 Å². The highest BCUT2D eigenvalue weighted by atomic mass is 16.1. The molecule has 7 nitrogen and oxygen atoms in total. The fraction of sp³-hybridized carbons (Fsp3) is 0.375. The van der Waals surface area contributed by atoms with Crippen LogP contribution >= 0.6 is 0 Å². The van der Waals surface area contributed by atoms with Crippen LogP contribution in [-0.4, -0.2) is 24.7 Å². The normalized spacial score (nSPS) is 14.2. The summed E-state index contributed by atoms with van der Waals surface area (Å²) in [5.74, 6) is 0.259. The molecule has 0 aromatic carbocycles. The van der Waals surface area contributed by atoms with Gasteiger partial charge in [0.15, 0.2) is 5.43 Å².